The molecule has 0 aromatic heterocycles. The van der Waals surface area contributed by atoms with Gasteiger partial charge in [0, 0.05) is 18.7 Å². The number of nitrogens with one attached hydrogen (secondary N) is 1. The van der Waals surface area contributed by atoms with Crippen molar-refractivity contribution in [1.29, 1.82) is 0 Å². The summed E-state index contributed by atoms with van der Waals surface area (Å²) in [5, 5.41) is 13.1. The number of halogens is 1. The van der Waals surface area contributed by atoms with Crippen molar-refractivity contribution in [3.63, 3.8) is 0 Å². The van der Waals surface area contributed by atoms with Gasteiger partial charge in [0.1, 0.15) is 5.82 Å². The molecule has 0 aliphatic carbocycles. The minimum absolute atomic E-state index is 0.257. The minimum Gasteiger partial charge on any atom is -0.477 e. The lowest BCUT2D eigenvalue weighted by Gasteiger charge is -2.06. The Kier molecular flexibility index (Phi) is 4.79. The summed E-state index contributed by atoms with van der Waals surface area (Å²) in [4.78, 5) is 21.1. The molecule has 1 N–H and O–H groups in total. The predicted molar refractivity (Wildman–Crippen MR) is 61.8 cm³/mol. The van der Waals surface area contributed by atoms with E-state index >= 15 is 0 Å². The summed E-state index contributed by atoms with van der Waals surface area (Å²) in [5.41, 5.74) is -0.395. The number of benzene rings is 1. The smallest absolute Gasteiger partial charge is 0.311 e. The van der Waals surface area contributed by atoms with E-state index in [-0.39, 0.29) is 12.3 Å². The molecule has 0 spiro atoms. The highest BCUT2D eigenvalue weighted by Gasteiger charge is 2.16. The van der Waals surface area contributed by atoms with Gasteiger partial charge in [-0.15, -0.1) is 6.58 Å². The lowest BCUT2D eigenvalue weighted by atomic mass is 10.3. The standard InChI is InChI=1S/C11H11FN2O4/c1-2-5-13-11(15)7-18-10-6-8(12)3-4-9(10)14(16)17/h2-4,6H,1,5,7H2,(H,13,15). The van der Waals surface area contributed by atoms with Gasteiger partial charge in [0.25, 0.3) is 5.91 Å². The quantitative estimate of drug-likeness (QED) is 0.473. The van der Waals surface area contributed by atoms with Crippen LogP contribution in [0.4, 0.5) is 10.1 Å². The van der Waals surface area contributed by atoms with Gasteiger partial charge in [0.05, 0.1) is 4.92 Å². The molecule has 0 unspecified atom stereocenters. The molecule has 0 fully saturated rings. The lowest BCUT2D eigenvalue weighted by Crippen LogP contribution is -2.28. The third-order valence-corrected chi connectivity index (χ3v) is 1.92. The van der Waals surface area contributed by atoms with Gasteiger partial charge >= 0.3 is 5.69 Å². The Bertz CT molecular complexity index is 476. The third kappa shape index (κ3) is 3.85. The zero-order valence-corrected chi connectivity index (χ0v) is 9.39. The molecule has 0 heterocycles. The van der Waals surface area contributed by atoms with Crippen LogP contribution in [0.5, 0.6) is 5.75 Å². The summed E-state index contributed by atoms with van der Waals surface area (Å²) >= 11 is 0. The number of hydrogen-bond donors (Lipinski definition) is 1. The molecular weight excluding hydrogens is 243 g/mol. The Labute approximate surface area is 102 Å². The van der Waals surface area contributed by atoms with Crippen molar-refractivity contribution >= 4 is 11.6 Å². The second-order valence-corrected chi connectivity index (χ2v) is 3.25. The lowest BCUT2D eigenvalue weighted by molar-refractivity contribution is -0.385. The largest absolute Gasteiger partial charge is 0.477 e. The molecule has 6 nitrogen and oxygen atoms in total. The summed E-state index contributed by atoms with van der Waals surface area (Å²) in [6.45, 7) is 3.23. The van der Waals surface area contributed by atoms with Gasteiger partial charge in [-0.1, -0.05) is 6.08 Å². The molecule has 1 aromatic rings. The van der Waals surface area contributed by atoms with Gasteiger partial charge in [-0.25, -0.2) is 4.39 Å². The molecule has 0 bridgehead atoms. The molecular formula is C11H11FN2O4. The van der Waals surface area contributed by atoms with Crippen molar-refractivity contribution in [1.82, 2.24) is 5.32 Å². The first-order chi connectivity index (χ1) is 8.54. The highest BCUT2D eigenvalue weighted by atomic mass is 19.1. The van der Waals surface area contributed by atoms with Crippen molar-refractivity contribution in [3.05, 3.63) is 46.8 Å². The third-order valence-electron chi connectivity index (χ3n) is 1.92. The number of nitro benzene ring substituents is 1. The number of carbonyl (C=O) groups is 1. The topological polar surface area (TPSA) is 81.5 Å². The van der Waals surface area contributed by atoms with Crippen LogP contribution in [0.2, 0.25) is 0 Å². The number of nitro groups is 1. The van der Waals surface area contributed by atoms with Gasteiger partial charge < -0.3 is 10.1 Å². The average Bonchev–Trinajstić information content (AvgIpc) is 2.33. The fraction of sp³-hybridized carbons (Fsp3) is 0.182. The summed E-state index contributed by atoms with van der Waals surface area (Å²) in [7, 11) is 0. The molecule has 18 heavy (non-hydrogen) atoms. The fourth-order valence-electron chi connectivity index (χ4n) is 1.13. The monoisotopic (exact) mass is 254 g/mol. The molecule has 0 saturated heterocycles. The molecule has 0 aliphatic heterocycles. The number of ether oxygens (including phenoxy) is 1. The zero-order chi connectivity index (χ0) is 13.5. The first kappa shape index (κ1) is 13.6. The van der Waals surface area contributed by atoms with E-state index in [2.05, 4.69) is 11.9 Å². The van der Waals surface area contributed by atoms with Crippen LogP contribution in [0, 0.1) is 15.9 Å². The van der Waals surface area contributed by atoms with Crippen LogP contribution < -0.4 is 10.1 Å². The molecule has 1 aromatic carbocycles. The summed E-state index contributed by atoms with van der Waals surface area (Å²) in [6, 6.07) is 2.79. The highest BCUT2D eigenvalue weighted by molar-refractivity contribution is 5.77. The second-order valence-electron chi connectivity index (χ2n) is 3.25. The first-order valence-electron chi connectivity index (χ1n) is 4.99. The Morgan fingerprint density at radius 3 is 2.94 bits per heavy atom. The van der Waals surface area contributed by atoms with E-state index in [0.717, 1.165) is 18.2 Å². The van der Waals surface area contributed by atoms with Gasteiger partial charge in [-0.3, -0.25) is 14.9 Å². The van der Waals surface area contributed by atoms with E-state index in [1.54, 1.807) is 0 Å². The van der Waals surface area contributed by atoms with Crippen molar-refractivity contribution < 1.29 is 18.8 Å². The van der Waals surface area contributed by atoms with Crippen molar-refractivity contribution in [2.75, 3.05) is 13.2 Å². The van der Waals surface area contributed by atoms with Crippen LogP contribution in [0.25, 0.3) is 0 Å². The van der Waals surface area contributed by atoms with Gasteiger partial charge in [-0.05, 0) is 6.07 Å². The zero-order valence-electron chi connectivity index (χ0n) is 9.39. The van der Waals surface area contributed by atoms with Crippen LogP contribution in [0.15, 0.2) is 30.9 Å². The van der Waals surface area contributed by atoms with Gasteiger partial charge in [0.15, 0.2) is 6.61 Å². The maximum atomic E-state index is 12.9. The molecule has 1 amide bonds. The molecule has 96 valence electrons. The van der Waals surface area contributed by atoms with E-state index in [0.29, 0.717) is 0 Å². The van der Waals surface area contributed by atoms with Gasteiger partial charge in [0.2, 0.25) is 5.75 Å². The molecule has 7 heteroatoms. The molecule has 0 saturated carbocycles. The Morgan fingerprint density at radius 1 is 1.61 bits per heavy atom. The van der Waals surface area contributed by atoms with Crippen LogP contribution in [-0.4, -0.2) is 24.0 Å². The summed E-state index contributed by atoms with van der Waals surface area (Å²) in [5.74, 6) is -1.44. The van der Waals surface area contributed by atoms with Crippen LogP contribution in [0.1, 0.15) is 0 Å². The fourth-order valence-corrected chi connectivity index (χ4v) is 1.13. The Balaban J connectivity index is 2.71. The van der Waals surface area contributed by atoms with Crippen molar-refractivity contribution in [2.24, 2.45) is 0 Å². The van der Waals surface area contributed by atoms with E-state index in [9.17, 15) is 19.3 Å². The number of rotatable bonds is 6. The number of hydrogen-bond acceptors (Lipinski definition) is 4. The SMILES string of the molecule is C=CCNC(=O)COc1cc(F)ccc1[N+](=O)[O-]. The molecule has 0 atom stereocenters. The molecule has 0 radical (unpaired) electrons. The minimum atomic E-state index is -0.712. The van der Waals surface area contributed by atoms with E-state index < -0.39 is 28.9 Å². The summed E-state index contributed by atoms with van der Waals surface area (Å²) < 4.78 is 17.8. The van der Waals surface area contributed by atoms with Gasteiger partial charge in [-0.2, -0.15) is 0 Å². The predicted octanol–water partition coefficient (Wildman–Crippen LogP) is 1.41. The second kappa shape index (κ2) is 6.33. The van der Waals surface area contributed by atoms with Crippen LogP contribution in [-0.2, 0) is 4.79 Å². The van der Waals surface area contributed by atoms with Crippen molar-refractivity contribution in [3.8, 4) is 5.75 Å². The van der Waals surface area contributed by atoms with Crippen LogP contribution in [0.3, 0.4) is 0 Å². The maximum Gasteiger partial charge on any atom is 0.311 e. The van der Waals surface area contributed by atoms with E-state index in [4.69, 9.17) is 4.74 Å². The first-order valence-corrected chi connectivity index (χ1v) is 4.99. The average molecular weight is 254 g/mol. The van der Waals surface area contributed by atoms with Crippen molar-refractivity contribution in [2.45, 2.75) is 0 Å². The van der Waals surface area contributed by atoms with Crippen LogP contribution >= 0.6 is 0 Å². The summed E-state index contributed by atoms with van der Waals surface area (Å²) in [6.07, 6.45) is 1.47. The number of amides is 1. The van der Waals surface area contributed by atoms with E-state index in [1.165, 1.54) is 6.08 Å². The number of nitrogens with zero attached hydrogens (tertiary/aromatic N) is 1. The Hall–Kier alpha value is -2.44. The molecule has 1 rings (SSSR count). The maximum absolute atomic E-state index is 12.9. The highest BCUT2D eigenvalue weighted by Crippen LogP contribution is 2.27. The number of carbonyl (C=O) groups excluding carboxylic acids is 1. The molecule has 0 aliphatic rings. The van der Waals surface area contributed by atoms with E-state index in [1.807, 2.05) is 0 Å². The Morgan fingerprint density at radius 2 is 2.33 bits per heavy atom. The normalized spacial score (nSPS) is 9.61.